The van der Waals surface area contributed by atoms with E-state index in [1.807, 2.05) is 4.90 Å². The van der Waals surface area contributed by atoms with Gasteiger partial charge < -0.3 is 14.5 Å². The average Bonchev–Trinajstić information content (AvgIpc) is 3.13. The summed E-state index contributed by atoms with van der Waals surface area (Å²) in [7, 11) is -1.55. The Morgan fingerprint density at radius 2 is 1.78 bits per heavy atom. The predicted octanol–water partition coefficient (Wildman–Crippen LogP) is 3.02. The summed E-state index contributed by atoms with van der Waals surface area (Å²) in [6.45, 7) is 10.6. The highest BCUT2D eigenvalue weighted by atomic mass is 28.3. The Balaban J connectivity index is 2.19. The second kappa shape index (κ2) is 8.86. The van der Waals surface area contributed by atoms with Gasteiger partial charge in [0.05, 0.1) is 20.1 Å². The monoisotopic (exact) mass is 392 g/mol. The molecular formula is C20H32N2O4Si. The molecule has 1 aliphatic heterocycles. The fourth-order valence-electron chi connectivity index (χ4n) is 3.55. The zero-order valence-electron chi connectivity index (χ0n) is 17.0. The highest BCUT2D eigenvalue weighted by Crippen LogP contribution is 2.33. The molecule has 0 bridgehead atoms. The molecule has 0 N–H and O–H groups in total. The van der Waals surface area contributed by atoms with Crippen molar-refractivity contribution in [1.82, 2.24) is 9.80 Å². The Morgan fingerprint density at radius 1 is 1.19 bits per heavy atom. The summed E-state index contributed by atoms with van der Waals surface area (Å²) in [6.07, 6.45) is 9.20. The van der Waals surface area contributed by atoms with E-state index in [4.69, 9.17) is 4.74 Å². The third kappa shape index (κ3) is 5.79. The largest absolute Gasteiger partial charge is 0.450 e. The minimum Gasteiger partial charge on any atom is -0.450 e. The summed E-state index contributed by atoms with van der Waals surface area (Å²) in [5.74, 6) is -0.0824. The van der Waals surface area contributed by atoms with Crippen molar-refractivity contribution in [3.05, 3.63) is 24.3 Å². The summed E-state index contributed by atoms with van der Waals surface area (Å²) in [6, 6.07) is 0. The molecule has 1 saturated heterocycles. The minimum absolute atomic E-state index is 0.0248. The van der Waals surface area contributed by atoms with Gasteiger partial charge in [0, 0.05) is 25.8 Å². The van der Waals surface area contributed by atoms with Crippen LogP contribution >= 0.6 is 0 Å². The normalized spacial score (nSPS) is 18.7. The molecule has 2 rings (SSSR count). The van der Waals surface area contributed by atoms with Crippen LogP contribution in [0.15, 0.2) is 24.3 Å². The fourth-order valence-corrected chi connectivity index (χ4v) is 4.98. The quantitative estimate of drug-likeness (QED) is 0.625. The van der Waals surface area contributed by atoms with Crippen molar-refractivity contribution in [2.24, 2.45) is 5.41 Å². The zero-order chi connectivity index (χ0) is 20.1. The van der Waals surface area contributed by atoms with E-state index in [0.717, 1.165) is 25.9 Å². The van der Waals surface area contributed by atoms with Gasteiger partial charge in [-0.25, -0.2) is 4.79 Å². The maximum atomic E-state index is 13.2. The minimum atomic E-state index is -1.55. The molecular weight excluding hydrogens is 360 g/mol. The second-order valence-corrected chi connectivity index (χ2v) is 14.0. The van der Waals surface area contributed by atoms with Crippen LogP contribution in [0.5, 0.6) is 0 Å². The molecule has 2 amide bonds. The molecule has 150 valence electrons. The SMILES string of the molecule is CCOC(=O)N(CCC1(C(=O)N2CCCC2)C=CC(=O)C=C1)C[Si](C)(C)C. The Morgan fingerprint density at radius 3 is 2.30 bits per heavy atom. The zero-order valence-corrected chi connectivity index (χ0v) is 18.0. The molecule has 0 unspecified atom stereocenters. The van der Waals surface area contributed by atoms with Crippen LogP contribution in [0.25, 0.3) is 0 Å². The van der Waals surface area contributed by atoms with E-state index in [0.29, 0.717) is 25.7 Å². The maximum Gasteiger partial charge on any atom is 0.409 e. The van der Waals surface area contributed by atoms with E-state index in [1.54, 1.807) is 24.0 Å². The van der Waals surface area contributed by atoms with E-state index in [2.05, 4.69) is 19.6 Å². The van der Waals surface area contributed by atoms with Gasteiger partial charge in [-0.15, -0.1) is 0 Å². The molecule has 0 aromatic carbocycles. The second-order valence-electron chi connectivity index (χ2n) is 8.54. The Hall–Kier alpha value is -1.89. The first-order chi connectivity index (χ1) is 12.7. The molecule has 2 aliphatic rings. The lowest BCUT2D eigenvalue weighted by atomic mass is 9.79. The molecule has 0 saturated carbocycles. The van der Waals surface area contributed by atoms with Gasteiger partial charge in [-0.3, -0.25) is 9.59 Å². The van der Waals surface area contributed by atoms with Gasteiger partial charge in [0.1, 0.15) is 0 Å². The summed E-state index contributed by atoms with van der Waals surface area (Å²) in [5.41, 5.74) is -0.859. The van der Waals surface area contributed by atoms with Crippen molar-refractivity contribution in [3.63, 3.8) is 0 Å². The highest BCUT2D eigenvalue weighted by Gasteiger charge is 2.40. The van der Waals surface area contributed by atoms with Crippen LogP contribution in [-0.2, 0) is 14.3 Å². The lowest BCUT2D eigenvalue weighted by Crippen LogP contribution is -2.47. The number of rotatable bonds is 7. The number of likely N-dealkylation sites (tertiary alicyclic amines) is 1. The predicted molar refractivity (Wildman–Crippen MR) is 108 cm³/mol. The van der Waals surface area contributed by atoms with Crippen LogP contribution in [-0.4, -0.2) is 68.1 Å². The Labute approximate surface area is 163 Å². The van der Waals surface area contributed by atoms with Crippen LogP contribution in [0, 0.1) is 5.41 Å². The van der Waals surface area contributed by atoms with Crippen molar-refractivity contribution < 1.29 is 19.1 Å². The fraction of sp³-hybridized carbons (Fsp3) is 0.650. The van der Waals surface area contributed by atoms with Gasteiger partial charge in [-0.05, 0) is 38.3 Å². The van der Waals surface area contributed by atoms with Crippen molar-refractivity contribution in [3.8, 4) is 0 Å². The first-order valence-corrected chi connectivity index (χ1v) is 13.5. The van der Waals surface area contributed by atoms with Gasteiger partial charge in [0.2, 0.25) is 5.91 Å². The number of hydrogen-bond donors (Lipinski definition) is 0. The average molecular weight is 393 g/mol. The maximum absolute atomic E-state index is 13.2. The van der Waals surface area contributed by atoms with Gasteiger partial charge >= 0.3 is 6.09 Å². The van der Waals surface area contributed by atoms with Gasteiger partial charge in [0.25, 0.3) is 0 Å². The topological polar surface area (TPSA) is 66.9 Å². The summed E-state index contributed by atoms with van der Waals surface area (Å²) in [5, 5.41) is 0. The van der Waals surface area contributed by atoms with E-state index in [9.17, 15) is 14.4 Å². The third-order valence-electron chi connectivity index (χ3n) is 4.87. The van der Waals surface area contributed by atoms with E-state index >= 15 is 0 Å². The summed E-state index contributed by atoms with van der Waals surface area (Å²) >= 11 is 0. The van der Waals surface area contributed by atoms with E-state index in [1.165, 1.54) is 12.2 Å². The third-order valence-corrected chi connectivity index (χ3v) is 6.20. The standard InChI is InChI=1S/C20H32N2O4Si/c1-5-26-19(25)22(16-27(2,3)4)15-12-20(10-8-17(23)9-11-20)18(24)21-13-6-7-14-21/h8-11H,5-7,12-16H2,1-4H3. The van der Waals surface area contributed by atoms with Crippen LogP contribution in [0.2, 0.25) is 19.6 Å². The molecule has 7 heteroatoms. The molecule has 1 aliphatic carbocycles. The first-order valence-electron chi connectivity index (χ1n) is 9.80. The van der Waals surface area contributed by atoms with Gasteiger partial charge in [0.15, 0.2) is 5.78 Å². The van der Waals surface area contributed by atoms with Crippen LogP contribution < -0.4 is 0 Å². The van der Waals surface area contributed by atoms with E-state index in [-0.39, 0.29) is 17.8 Å². The molecule has 0 aromatic heterocycles. The first kappa shape index (κ1) is 21.4. The Bertz CT molecular complexity index is 614. The molecule has 1 fully saturated rings. The van der Waals surface area contributed by atoms with Crippen molar-refractivity contribution in [1.29, 1.82) is 0 Å². The molecule has 0 radical (unpaired) electrons. The number of ketones is 1. The van der Waals surface area contributed by atoms with Crippen LogP contribution in [0.4, 0.5) is 4.79 Å². The van der Waals surface area contributed by atoms with Crippen molar-refractivity contribution in [2.45, 2.75) is 45.8 Å². The van der Waals surface area contributed by atoms with Gasteiger partial charge in [-0.1, -0.05) is 31.8 Å². The lowest BCUT2D eigenvalue weighted by molar-refractivity contribution is -0.136. The molecule has 0 aromatic rings. The number of carbonyl (C=O) groups is 3. The van der Waals surface area contributed by atoms with Crippen molar-refractivity contribution in [2.75, 3.05) is 32.4 Å². The molecule has 0 atom stereocenters. The molecule has 6 nitrogen and oxygen atoms in total. The number of carbonyl (C=O) groups excluding carboxylic acids is 3. The molecule has 1 heterocycles. The molecule has 27 heavy (non-hydrogen) atoms. The molecule has 0 spiro atoms. The number of nitrogens with zero attached hydrogens (tertiary/aromatic N) is 2. The number of hydrogen-bond acceptors (Lipinski definition) is 4. The van der Waals surface area contributed by atoms with E-state index < -0.39 is 13.5 Å². The van der Waals surface area contributed by atoms with Crippen LogP contribution in [0.3, 0.4) is 0 Å². The highest BCUT2D eigenvalue weighted by molar-refractivity contribution is 6.76. The number of amides is 2. The summed E-state index contributed by atoms with van der Waals surface area (Å²) < 4.78 is 5.22. The number of ether oxygens (including phenoxy) is 1. The Kier molecular flexibility index (Phi) is 7.03. The summed E-state index contributed by atoms with van der Waals surface area (Å²) in [4.78, 5) is 40.9. The van der Waals surface area contributed by atoms with Crippen LogP contribution in [0.1, 0.15) is 26.2 Å². The smallest absolute Gasteiger partial charge is 0.409 e. The van der Waals surface area contributed by atoms with Crippen molar-refractivity contribution >= 4 is 25.9 Å². The lowest BCUT2D eigenvalue weighted by Gasteiger charge is -2.35. The number of allylic oxidation sites excluding steroid dienone is 2. The van der Waals surface area contributed by atoms with Gasteiger partial charge in [-0.2, -0.15) is 0 Å².